The Kier molecular flexibility index (Phi) is 5.55. The molecule has 1 heterocycles. The van der Waals surface area contributed by atoms with E-state index in [1.165, 1.54) is 11.3 Å². The van der Waals surface area contributed by atoms with Gasteiger partial charge in [-0.15, -0.1) is 11.3 Å². The number of benzene rings is 1. The largest absolute Gasteiger partial charge is 0.464 e. The molecular formula is C16H18N2O3S. The van der Waals surface area contributed by atoms with E-state index in [4.69, 9.17) is 4.74 Å². The van der Waals surface area contributed by atoms with Crippen LogP contribution < -0.4 is 10.6 Å². The third-order valence-corrected chi connectivity index (χ3v) is 3.78. The molecule has 0 fully saturated rings. The zero-order valence-corrected chi connectivity index (χ0v) is 13.3. The molecule has 2 aromatic rings. The standard InChI is InChI=1S/C16H18N2O3S/c1-3-21-16(20)11(2)17-12-6-8-13(9-7-12)18-15(19)14-5-4-10-22-14/h4-11,17H,3H2,1-2H3,(H,18,19)/t11-/m1/s1. The third-order valence-electron chi connectivity index (χ3n) is 2.91. The SMILES string of the molecule is CCOC(=O)[C@@H](C)Nc1ccc(NC(=O)c2cccs2)cc1. The normalized spacial score (nSPS) is 11.5. The average molecular weight is 318 g/mol. The number of anilines is 2. The molecule has 0 bridgehead atoms. The van der Waals surface area contributed by atoms with Crippen molar-refractivity contribution < 1.29 is 14.3 Å². The lowest BCUT2D eigenvalue weighted by atomic mass is 10.2. The number of carbonyl (C=O) groups is 2. The molecule has 2 rings (SSSR count). The number of carbonyl (C=O) groups excluding carboxylic acids is 2. The summed E-state index contributed by atoms with van der Waals surface area (Å²) in [6, 6.07) is 10.4. The second kappa shape index (κ2) is 7.61. The van der Waals surface area contributed by atoms with Gasteiger partial charge in [-0.3, -0.25) is 4.79 Å². The molecule has 0 unspecified atom stereocenters. The fraction of sp³-hybridized carbons (Fsp3) is 0.250. The zero-order valence-electron chi connectivity index (χ0n) is 12.5. The number of nitrogens with one attached hydrogen (secondary N) is 2. The van der Waals surface area contributed by atoms with Crippen molar-refractivity contribution in [1.82, 2.24) is 0 Å². The van der Waals surface area contributed by atoms with Gasteiger partial charge in [0.1, 0.15) is 6.04 Å². The predicted octanol–water partition coefficient (Wildman–Crippen LogP) is 3.36. The first-order valence-corrected chi connectivity index (χ1v) is 7.86. The molecule has 1 aromatic heterocycles. The Morgan fingerprint density at radius 1 is 1.18 bits per heavy atom. The number of hydrogen-bond acceptors (Lipinski definition) is 5. The van der Waals surface area contributed by atoms with Gasteiger partial charge >= 0.3 is 5.97 Å². The number of thiophene rings is 1. The number of esters is 1. The molecule has 0 saturated heterocycles. The van der Waals surface area contributed by atoms with Gasteiger partial charge in [0, 0.05) is 11.4 Å². The van der Waals surface area contributed by atoms with Crippen LogP contribution in [0.1, 0.15) is 23.5 Å². The summed E-state index contributed by atoms with van der Waals surface area (Å²) in [5.74, 6) is -0.423. The van der Waals surface area contributed by atoms with Crippen molar-refractivity contribution in [1.29, 1.82) is 0 Å². The molecule has 22 heavy (non-hydrogen) atoms. The Balaban J connectivity index is 1.93. The predicted molar refractivity (Wildman–Crippen MR) is 88.4 cm³/mol. The van der Waals surface area contributed by atoms with Crippen molar-refractivity contribution in [3.8, 4) is 0 Å². The third kappa shape index (κ3) is 4.33. The van der Waals surface area contributed by atoms with Gasteiger partial charge in [0.15, 0.2) is 0 Å². The van der Waals surface area contributed by atoms with Crippen LogP contribution in [0.5, 0.6) is 0 Å². The molecular weight excluding hydrogens is 300 g/mol. The van der Waals surface area contributed by atoms with Crippen LogP contribution in [-0.2, 0) is 9.53 Å². The summed E-state index contributed by atoms with van der Waals surface area (Å²) in [5.41, 5.74) is 1.49. The molecule has 0 spiro atoms. The Morgan fingerprint density at radius 3 is 2.45 bits per heavy atom. The van der Waals surface area contributed by atoms with Crippen molar-refractivity contribution in [3.05, 3.63) is 46.7 Å². The van der Waals surface area contributed by atoms with Gasteiger partial charge < -0.3 is 15.4 Å². The Hall–Kier alpha value is -2.34. The maximum absolute atomic E-state index is 11.9. The molecule has 6 heteroatoms. The Morgan fingerprint density at radius 2 is 1.86 bits per heavy atom. The molecule has 0 aliphatic rings. The van der Waals surface area contributed by atoms with Crippen LogP contribution in [0.2, 0.25) is 0 Å². The number of ether oxygens (including phenoxy) is 1. The summed E-state index contributed by atoms with van der Waals surface area (Å²) in [4.78, 5) is 24.1. The summed E-state index contributed by atoms with van der Waals surface area (Å²) in [5, 5.41) is 7.73. The molecule has 116 valence electrons. The van der Waals surface area contributed by atoms with E-state index in [1.54, 1.807) is 44.2 Å². The molecule has 1 amide bonds. The number of hydrogen-bond donors (Lipinski definition) is 2. The second-order valence-corrected chi connectivity index (χ2v) is 5.57. The minimum absolute atomic E-state index is 0.129. The van der Waals surface area contributed by atoms with Crippen molar-refractivity contribution in [2.24, 2.45) is 0 Å². The van der Waals surface area contributed by atoms with E-state index in [2.05, 4.69) is 10.6 Å². The molecule has 0 aliphatic carbocycles. The van der Waals surface area contributed by atoms with Crippen LogP contribution in [0.4, 0.5) is 11.4 Å². The highest BCUT2D eigenvalue weighted by Gasteiger charge is 2.13. The quantitative estimate of drug-likeness (QED) is 0.801. The minimum atomic E-state index is -0.425. The van der Waals surface area contributed by atoms with E-state index in [0.717, 1.165) is 5.69 Å². The van der Waals surface area contributed by atoms with E-state index in [9.17, 15) is 9.59 Å². The highest BCUT2D eigenvalue weighted by Crippen LogP contribution is 2.17. The van der Waals surface area contributed by atoms with Crippen molar-refractivity contribution in [2.75, 3.05) is 17.2 Å². The first kappa shape index (κ1) is 16.0. The molecule has 2 N–H and O–H groups in total. The van der Waals surface area contributed by atoms with Crippen molar-refractivity contribution in [3.63, 3.8) is 0 Å². The summed E-state index contributed by atoms with van der Waals surface area (Å²) in [6.45, 7) is 3.87. The van der Waals surface area contributed by atoms with Crippen molar-refractivity contribution >= 4 is 34.6 Å². The fourth-order valence-corrected chi connectivity index (χ4v) is 2.45. The van der Waals surface area contributed by atoms with E-state index in [0.29, 0.717) is 17.2 Å². The molecule has 1 aromatic carbocycles. The van der Waals surface area contributed by atoms with Gasteiger partial charge in [-0.2, -0.15) is 0 Å². The summed E-state index contributed by atoms with van der Waals surface area (Å²) >= 11 is 1.39. The average Bonchev–Trinajstić information content (AvgIpc) is 3.04. The topological polar surface area (TPSA) is 67.4 Å². The van der Waals surface area contributed by atoms with Crippen LogP contribution >= 0.6 is 11.3 Å². The first-order valence-electron chi connectivity index (χ1n) is 6.98. The zero-order chi connectivity index (χ0) is 15.9. The summed E-state index contributed by atoms with van der Waals surface area (Å²) in [7, 11) is 0. The summed E-state index contributed by atoms with van der Waals surface area (Å²) < 4.78 is 4.94. The number of rotatable bonds is 6. The molecule has 0 aliphatic heterocycles. The molecule has 0 radical (unpaired) electrons. The highest BCUT2D eigenvalue weighted by molar-refractivity contribution is 7.12. The Labute approximate surface area is 133 Å². The maximum Gasteiger partial charge on any atom is 0.328 e. The second-order valence-electron chi connectivity index (χ2n) is 4.63. The lowest BCUT2D eigenvalue weighted by Crippen LogP contribution is -2.28. The van der Waals surface area contributed by atoms with Gasteiger partial charge in [0.05, 0.1) is 11.5 Å². The van der Waals surface area contributed by atoms with E-state index >= 15 is 0 Å². The molecule has 1 atom stereocenters. The monoisotopic (exact) mass is 318 g/mol. The van der Waals surface area contributed by atoms with Gasteiger partial charge in [-0.25, -0.2) is 4.79 Å². The minimum Gasteiger partial charge on any atom is -0.464 e. The lowest BCUT2D eigenvalue weighted by Gasteiger charge is -2.14. The lowest BCUT2D eigenvalue weighted by molar-refractivity contribution is -0.143. The first-order chi connectivity index (χ1) is 10.6. The van der Waals surface area contributed by atoms with E-state index < -0.39 is 6.04 Å². The van der Waals surface area contributed by atoms with Gasteiger partial charge in [0.25, 0.3) is 5.91 Å². The summed E-state index contributed by atoms with van der Waals surface area (Å²) in [6.07, 6.45) is 0. The smallest absolute Gasteiger partial charge is 0.328 e. The maximum atomic E-state index is 11.9. The molecule has 5 nitrogen and oxygen atoms in total. The van der Waals surface area contributed by atoms with Crippen molar-refractivity contribution in [2.45, 2.75) is 19.9 Å². The van der Waals surface area contributed by atoms with Crippen LogP contribution in [0.3, 0.4) is 0 Å². The van der Waals surface area contributed by atoms with E-state index in [1.807, 2.05) is 11.4 Å². The van der Waals surface area contributed by atoms with Crippen LogP contribution in [0.25, 0.3) is 0 Å². The van der Waals surface area contributed by atoms with Gasteiger partial charge in [-0.05, 0) is 49.6 Å². The molecule has 0 saturated carbocycles. The van der Waals surface area contributed by atoms with Gasteiger partial charge in [0.2, 0.25) is 0 Å². The van der Waals surface area contributed by atoms with Crippen LogP contribution in [-0.4, -0.2) is 24.5 Å². The highest BCUT2D eigenvalue weighted by atomic mass is 32.1. The van der Waals surface area contributed by atoms with Gasteiger partial charge in [-0.1, -0.05) is 6.07 Å². The van der Waals surface area contributed by atoms with Crippen LogP contribution in [0, 0.1) is 0 Å². The Bertz CT molecular complexity index is 623. The van der Waals surface area contributed by atoms with Crippen LogP contribution in [0.15, 0.2) is 41.8 Å². The van der Waals surface area contributed by atoms with E-state index in [-0.39, 0.29) is 11.9 Å². The number of amides is 1. The fourth-order valence-electron chi connectivity index (χ4n) is 1.83.